The molecular weight excluding hydrogens is 366 g/mol. The number of amides is 1. The second-order valence-corrected chi connectivity index (χ2v) is 6.43. The Morgan fingerprint density at radius 2 is 1.89 bits per heavy atom. The first-order valence-corrected chi connectivity index (χ1v) is 8.09. The van der Waals surface area contributed by atoms with Gasteiger partial charge >= 0.3 is 12.1 Å². The van der Waals surface area contributed by atoms with E-state index in [0.29, 0.717) is 11.1 Å². The Kier molecular flexibility index (Phi) is 4.67. The number of carbonyl (C=O) groups is 2. The van der Waals surface area contributed by atoms with Crippen molar-refractivity contribution in [2.24, 2.45) is 5.92 Å². The van der Waals surface area contributed by atoms with E-state index < -0.39 is 41.3 Å². The number of alkyl halides is 3. The van der Waals surface area contributed by atoms with Crippen molar-refractivity contribution in [2.45, 2.75) is 25.6 Å². The molecule has 0 radical (unpaired) electrons. The Labute approximate surface area is 152 Å². The van der Waals surface area contributed by atoms with Crippen molar-refractivity contribution in [3.8, 4) is 0 Å². The minimum atomic E-state index is -4.62. The summed E-state index contributed by atoms with van der Waals surface area (Å²) in [4.78, 5) is 25.3. The van der Waals surface area contributed by atoms with Crippen LogP contribution in [0.3, 0.4) is 0 Å². The second-order valence-electron chi connectivity index (χ2n) is 6.43. The predicted molar refractivity (Wildman–Crippen MR) is 88.6 cm³/mol. The van der Waals surface area contributed by atoms with Crippen LogP contribution in [-0.4, -0.2) is 17.0 Å². The average Bonchev–Trinajstić information content (AvgIpc) is 2.57. The molecule has 0 aromatic heterocycles. The van der Waals surface area contributed by atoms with Gasteiger partial charge in [-0.05, 0) is 35.4 Å². The van der Waals surface area contributed by atoms with Gasteiger partial charge in [-0.1, -0.05) is 25.1 Å². The van der Waals surface area contributed by atoms with Crippen molar-refractivity contribution in [3.05, 3.63) is 65.0 Å². The molecular formula is C19H15F4NO3. The highest BCUT2D eigenvalue weighted by atomic mass is 19.4. The van der Waals surface area contributed by atoms with Gasteiger partial charge in [-0.15, -0.1) is 0 Å². The fourth-order valence-electron chi connectivity index (χ4n) is 3.32. The summed E-state index contributed by atoms with van der Waals surface area (Å²) in [6.07, 6.45) is -4.62. The molecule has 1 heterocycles. The van der Waals surface area contributed by atoms with Crippen molar-refractivity contribution in [1.82, 2.24) is 0 Å². The monoisotopic (exact) mass is 381 g/mol. The van der Waals surface area contributed by atoms with E-state index in [2.05, 4.69) is 0 Å². The van der Waals surface area contributed by atoms with E-state index in [1.807, 2.05) is 0 Å². The Bertz CT molecular complexity index is 910. The number of benzene rings is 2. The lowest BCUT2D eigenvalue weighted by Gasteiger charge is -2.37. The first-order chi connectivity index (χ1) is 12.6. The van der Waals surface area contributed by atoms with Gasteiger partial charge in [-0.3, -0.25) is 9.59 Å². The summed E-state index contributed by atoms with van der Waals surface area (Å²) in [5.74, 6) is -4.98. The number of fused-ring (bicyclic) bond motifs is 1. The Balaban J connectivity index is 2.13. The van der Waals surface area contributed by atoms with E-state index in [1.165, 1.54) is 31.2 Å². The smallest absolute Gasteiger partial charge is 0.416 e. The maximum atomic E-state index is 13.5. The second kappa shape index (κ2) is 6.68. The molecule has 4 nitrogen and oxygen atoms in total. The molecule has 0 saturated carbocycles. The molecule has 0 aliphatic carbocycles. The molecule has 1 amide bonds. The van der Waals surface area contributed by atoms with Gasteiger partial charge < -0.3 is 10.0 Å². The van der Waals surface area contributed by atoms with E-state index in [4.69, 9.17) is 0 Å². The summed E-state index contributed by atoms with van der Waals surface area (Å²) in [7, 11) is 0. The molecule has 2 unspecified atom stereocenters. The Morgan fingerprint density at radius 1 is 1.19 bits per heavy atom. The summed E-state index contributed by atoms with van der Waals surface area (Å²) < 4.78 is 52.8. The third kappa shape index (κ3) is 3.51. The van der Waals surface area contributed by atoms with Gasteiger partial charge in [0.05, 0.1) is 12.1 Å². The minimum Gasteiger partial charge on any atom is -0.481 e. The molecule has 2 aromatic carbocycles. The molecule has 142 valence electrons. The summed E-state index contributed by atoms with van der Waals surface area (Å²) in [6, 6.07) is 8.16. The zero-order valence-corrected chi connectivity index (χ0v) is 14.1. The maximum absolute atomic E-state index is 13.5. The standard InChI is InChI=1S/C19H15F4NO3/c1-10-14-6-5-12(19(21,22)23)8-15(14)24(17(25)16(10)18(26)27)9-11-3-2-4-13(20)7-11/h2-8,10,16H,9H2,1H3,(H,26,27). The van der Waals surface area contributed by atoms with Crippen LogP contribution in [0.5, 0.6) is 0 Å². The number of carboxylic acids is 1. The molecule has 27 heavy (non-hydrogen) atoms. The topological polar surface area (TPSA) is 57.6 Å². The molecule has 1 N–H and O–H groups in total. The number of halogens is 4. The summed E-state index contributed by atoms with van der Waals surface area (Å²) in [5, 5.41) is 9.43. The summed E-state index contributed by atoms with van der Waals surface area (Å²) in [5.41, 5.74) is -0.292. The number of rotatable bonds is 3. The van der Waals surface area contributed by atoms with E-state index in [1.54, 1.807) is 0 Å². The number of nitrogens with zero attached hydrogens (tertiary/aromatic N) is 1. The number of carboxylic acid groups (broad SMARTS) is 1. The van der Waals surface area contributed by atoms with E-state index in [0.717, 1.165) is 23.1 Å². The van der Waals surface area contributed by atoms with Gasteiger partial charge in [-0.2, -0.15) is 13.2 Å². The lowest BCUT2D eigenvalue weighted by molar-refractivity contribution is -0.147. The molecule has 0 fully saturated rings. The third-order valence-corrected chi connectivity index (χ3v) is 4.67. The van der Waals surface area contributed by atoms with E-state index in [9.17, 15) is 32.3 Å². The van der Waals surface area contributed by atoms with Crippen LogP contribution in [0.2, 0.25) is 0 Å². The van der Waals surface area contributed by atoms with Crippen molar-refractivity contribution < 1.29 is 32.3 Å². The van der Waals surface area contributed by atoms with Crippen molar-refractivity contribution in [1.29, 1.82) is 0 Å². The third-order valence-electron chi connectivity index (χ3n) is 4.67. The molecule has 1 aliphatic rings. The van der Waals surface area contributed by atoms with Gasteiger partial charge in [0.1, 0.15) is 11.7 Å². The van der Waals surface area contributed by atoms with Crippen LogP contribution in [0.15, 0.2) is 42.5 Å². The van der Waals surface area contributed by atoms with Crippen LogP contribution in [0.4, 0.5) is 23.2 Å². The van der Waals surface area contributed by atoms with Gasteiger partial charge in [-0.25, -0.2) is 4.39 Å². The van der Waals surface area contributed by atoms with Crippen LogP contribution in [-0.2, 0) is 22.3 Å². The minimum absolute atomic E-state index is 0.0101. The summed E-state index contributed by atoms with van der Waals surface area (Å²) in [6.45, 7) is 1.25. The van der Waals surface area contributed by atoms with Crippen LogP contribution in [0.25, 0.3) is 0 Å². The average molecular weight is 381 g/mol. The number of carbonyl (C=O) groups excluding carboxylic acids is 1. The number of anilines is 1. The molecule has 2 aromatic rings. The molecule has 0 saturated heterocycles. The SMILES string of the molecule is CC1c2ccc(C(F)(F)F)cc2N(Cc2cccc(F)c2)C(=O)C1C(=O)O. The van der Waals surface area contributed by atoms with Gasteiger partial charge in [0.15, 0.2) is 0 Å². The molecule has 2 atom stereocenters. The fourth-order valence-corrected chi connectivity index (χ4v) is 3.32. The van der Waals surface area contributed by atoms with Gasteiger partial charge in [0, 0.05) is 11.6 Å². The molecule has 8 heteroatoms. The maximum Gasteiger partial charge on any atom is 0.416 e. The highest BCUT2D eigenvalue weighted by Gasteiger charge is 2.43. The normalized spacial score (nSPS) is 19.7. The zero-order chi connectivity index (χ0) is 19.9. The van der Waals surface area contributed by atoms with Crippen molar-refractivity contribution >= 4 is 17.6 Å². The number of hydrogen-bond acceptors (Lipinski definition) is 2. The first kappa shape index (κ1) is 18.9. The van der Waals surface area contributed by atoms with Crippen LogP contribution >= 0.6 is 0 Å². The van der Waals surface area contributed by atoms with Gasteiger partial charge in [0.2, 0.25) is 5.91 Å². The number of hydrogen-bond donors (Lipinski definition) is 1. The van der Waals surface area contributed by atoms with Crippen LogP contribution in [0, 0.1) is 11.7 Å². The highest BCUT2D eigenvalue weighted by molar-refractivity contribution is 6.08. The number of aliphatic carboxylic acids is 1. The lowest BCUT2D eigenvalue weighted by Crippen LogP contribution is -2.45. The lowest BCUT2D eigenvalue weighted by atomic mass is 9.81. The predicted octanol–water partition coefficient (Wildman–Crippen LogP) is 4.20. The Hall–Kier alpha value is -2.90. The highest BCUT2D eigenvalue weighted by Crippen LogP contribution is 2.43. The summed E-state index contributed by atoms with van der Waals surface area (Å²) >= 11 is 0. The fraction of sp³-hybridized carbons (Fsp3) is 0.263. The molecule has 0 bridgehead atoms. The van der Waals surface area contributed by atoms with Crippen molar-refractivity contribution in [3.63, 3.8) is 0 Å². The van der Waals surface area contributed by atoms with E-state index in [-0.39, 0.29) is 12.2 Å². The first-order valence-electron chi connectivity index (χ1n) is 8.09. The van der Waals surface area contributed by atoms with Gasteiger partial charge in [0.25, 0.3) is 0 Å². The van der Waals surface area contributed by atoms with Crippen LogP contribution in [0.1, 0.15) is 29.5 Å². The van der Waals surface area contributed by atoms with Crippen LogP contribution < -0.4 is 4.90 Å². The zero-order valence-electron chi connectivity index (χ0n) is 14.1. The van der Waals surface area contributed by atoms with Crippen molar-refractivity contribution in [2.75, 3.05) is 4.90 Å². The molecule has 1 aliphatic heterocycles. The van der Waals surface area contributed by atoms with E-state index >= 15 is 0 Å². The largest absolute Gasteiger partial charge is 0.481 e. The molecule has 0 spiro atoms. The Morgan fingerprint density at radius 3 is 2.48 bits per heavy atom. The molecule has 3 rings (SSSR count). The quantitative estimate of drug-likeness (QED) is 0.641.